The summed E-state index contributed by atoms with van der Waals surface area (Å²) in [4.78, 5) is 21.9. The van der Waals surface area contributed by atoms with Gasteiger partial charge in [-0.2, -0.15) is 0 Å². The summed E-state index contributed by atoms with van der Waals surface area (Å²) in [5, 5.41) is 10.9. The highest BCUT2D eigenvalue weighted by atomic mass is 16.3. The van der Waals surface area contributed by atoms with Gasteiger partial charge in [0, 0.05) is 31.6 Å². The van der Waals surface area contributed by atoms with E-state index in [-0.39, 0.29) is 5.91 Å². The van der Waals surface area contributed by atoms with Crippen LogP contribution in [0.2, 0.25) is 0 Å². The second-order valence-electron chi connectivity index (χ2n) is 6.79. The van der Waals surface area contributed by atoms with Crippen molar-refractivity contribution in [2.45, 2.75) is 31.8 Å². The van der Waals surface area contributed by atoms with Gasteiger partial charge in [0.15, 0.2) is 0 Å². The third-order valence-corrected chi connectivity index (χ3v) is 5.02. The van der Waals surface area contributed by atoms with E-state index in [1.807, 2.05) is 30.3 Å². The molecule has 1 N–H and O–H groups in total. The van der Waals surface area contributed by atoms with Crippen molar-refractivity contribution in [2.75, 3.05) is 31.1 Å². The van der Waals surface area contributed by atoms with Crippen molar-refractivity contribution >= 4 is 22.6 Å². The number of hydrogen-bond acceptors (Lipinski definition) is 4. The number of aliphatic hydroxyl groups is 1. The number of amides is 1. The molecule has 2 aliphatic heterocycles. The van der Waals surface area contributed by atoms with Crippen molar-refractivity contribution in [1.29, 1.82) is 0 Å². The van der Waals surface area contributed by atoms with E-state index in [4.69, 9.17) is 4.98 Å². The lowest BCUT2D eigenvalue weighted by atomic mass is 10.1. The van der Waals surface area contributed by atoms with Crippen LogP contribution in [-0.2, 0) is 0 Å². The Hall–Kier alpha value is -2.14. The molecule has 0 saturated carbocycles. The molecule has 0 spiro atoms. The normalized spacial score (nSPS) is 21.5. The molecule has 0 bridgehead atoms. The molecule has 1 amide bonds. The van der Waals surface area contributed by atoms with Gasteiger partial charge in [0.25, 0.3) is 5.91 Å². The van der Waals surface area contributed by atoms with Crippen LogP contribution in [0.25, 0.3) is 10.9 Å². The predicted octanol–water partition coefficient (Wildman–Crippen LogP) is 2.43. The zero-order valence-corrected chi connectivity index (χ0v) is 13.8. The number of benzene rings is 1. The molecular weight excluding hydrogens is 302 g/mol. The minimum absolute atomic E-state index is 0.00565. The zero-order valence-electron chi connectivity index (χ0n) is 13.8. The van der Waals surface area contributed by atoms with Crippen molar-refractivity contribution < 1.29 is 9.90 Å². The van der Waals surface area contributed by atoms with E-state index < -0.39 is 6.10 Å². The van der Waals surface area contributed by atoms with E-state index in [1.54, 1.807) is 4.90 Å². The second-order valence-corrected chi connectivity index (χ2v) is 6.79. The van der Waals surface area contributed by atoms with Crippen molar-refractivity contribution in [2.24, 2.45) is 0 Å². The summed E-state index contributed by atoms with van der Waals surface area (Å²) in [5.41, 5.74) is 1.60. The number of β-amino-alcohol motifs (C(OH)–C–C–N with tert-alkyl or cyclic N) is 1. The fraction of sp³-hybridized carbons (Fsp3) is 0.474. The number of nitrogens with zero attached hydrogens (tertiary/aromatic N) is 3. The molecule has 2 saturated heterocycles. The molecule has 2 aromatic rings. The summed E-state index contributed by atoms with van der Waals surface area (Å²) in [5.74, 6) is 0.796. The number of aromatic nitrogens is 1. The fourth-order valence-electron chi connectivity index (χ4n) is 3.74. The monoisotopic (exact) mass is 325 g/mol. The number of rotatable bonds is 2. The quantitative estimate of drug-likeness (QED) is 0.921. The Balaban J connectivity index is 1.76. The van der Waals surface area contributed by atoms with E-state index in [1.165, 1.54) is 0 Å². The Kier molecular flexibility index (Phi) is 4.10. The first-order valence-electron chi connectivity index (χ1n) is 8.84. The SMILES string of the molecule is O=C(c1cc2ccccc2nc1N1CCCC1)N1CCCC(O)C1. The van der Waals surface area contributed by atoms with Gasteiger partial charge in [-0.05, 0) is 37.8 Å². The summed E-state index contributed by atoms with van der Waals surface area (Å²) < 4.78 is 0. The summed E-state index contributed by atoms with van der Waals surface area (Å²) in [6.07, 6.45) is 3.51. The van der Waals surface area contributed by atoms with Gasteiger partial charge in [-0.3, -0.25) is 4.79 Å². The zero-order chi connectivity index (χ0) is 16.5. The van der Waals surface area contributed by atoms with Crippen LogP contribution in [0.1, 0.15) is 36.0 Å². The van der Waals surface area contributed by atoms with E-state index in [0.717, 1.165) is 55.5 Å². The Morgan fingerprint density at radius 1 is 1.12 bits per heavy atom. The van der Waals surface area contributed by atoms with E-state index >= 15 is 0 Å². The molecule has 1 atom stereocenters. The number of piperidine rings is 1. The molecule has 0 aliphatic carbocycles. The first-order chi connectivity index (χ1) is 11.7. The molecule has 1 unspecified atom stereocenters. The molecule has 1 aromatic carbocycles. The molecule has 0 radical (unpaired) electrons. The number of pyridine rings is 1. The number of hydrogen-bond donors (Lipinski definition) is 1. The highest BCUT2D eigenvalue weighted by molar-refractivity contribution is 6.02. The first-order valence-corrected chi connectivity index (χ1v) is 8.84. The molecule has 126 valence electrons. The van der Waals surface area contributed by atoms with E-state index in [2.05, 4.69) is 4.90 Å². The lowest BCUT2D eigenvalue weighted by Crippen LogP contribution is -2.42. The van der Waals surface area contributed by atoms with Crippen LogP contribution in [-0.4, -0.2) is 53.2 Å². The largest absolute Gasteiger partial charge is 0.391 e. The average molecular weight is 325 g/mol. The predicted molar refractivity (Wildman–Crippen MR) is 94.3 cm³/mol. The molecule has 5 heteroatoms. The minimum Gasteiger partial charge on any atom is -0.391 e. The van der Waals surface area contributed by atoms with Gasteiger partial charge in [0.2, 0.25) is 0 Å². The number of anilines is 1. The van der Waals surface area contributed by atoms with E-state index in [0.29, 0.717) is 18.7 Å². The summed E-state index contributed by atoms with van der Waals surface area (Å²) in [7, 11) is 0. The van der Waals surface area contributed by atoms with Crippen molar-refractivity contribution in [1.82, 2.24) is 9.88 Å². The molecule has 3 heterocycles. The lowest BCUT2D eigenvalue weighted by molar-refractivity contribution is 0.0474. The topological polar surface area (TPSA) is 56.7 Å². The third kappa shape index (κ3) is 2.84. The number of carbonyl (C=O) groups is 1. The Labute approximate surface area is 141 Å². The van der Waals surface area contributed by atoms with Crippen LogP contribution in [0.5, 0.6) is 0 Å². The van der Waals surface area contributed by atoms with Crippen LogP contribution in [0.4, 0.5) is 5.82 Å². The van der Waals surface area contributed by atoms with Crippen LogP contribution >= 0.6 is 0 Å². The van der Waals surface area contributed by atoms with Gasteiger partial charge >= 0.3 is 0 Å². The maximum atomic E-state index is 13.1. The first kappa shape index (κ1) is 15.4. The van der Waals surface area contributed by atoms with Crippen LogP contribution < -0.4 is 4.90 Å². The Morgan fingerprint density at radius 2 is 1.92 bits per heavy atom. The van der Waals surface area contributed by atoms with Gasteiger partial charge in [0.05, 0.1) is 17.2 Å². The standard InChI is InChI=1S/C19H23N3O2/c23-15-7-5-11-22(13-15)19(24)16-12-14-6-1-2-8-17(14)20-18(16)21-9-3-4-10-21/h1-2,6,8,12,15,23H,3-5,7,9-11,13H2. The summed E-state index contributed by atoms with van der Waals surface area (Å²) >= 11 is 0. The Bertz CT molecular complexity index is 755. The summed E-state index contributed by atoms with van der Waals surface area (Å²) in [6.45, 7) is 3.04. The number of para-hydroxylation sites is 1. The van der Waals surface area contributed by atoms with Crippen molar-refractivity contribution in [3.05, 3.63) is 35.9 Å². The van der Waals surface area contributed by atoms with Crippen LogP contribution in [0.3, 0.4) is 0 Å². The maximum absolute atomic E-state index is 13.1. The lowest BCUT2D eigenvalue weighted by Gasteiger charge is -2.31. The number of carbonyl (C=O) groups excluding carboxylic acids is 1. The van der Waals surface area contributed by atoms with Crippen LogP contribution in [0.15, 0.2) is 30.3 Å². The van der Waals surface area contributed by atoms with Gasteiger partial charge in [0.1, 0.15) is 5.82 Å². The molecule has 5 nitrogen and oxygen atoms in total. The fourth-order valence-corrected chi connectivity index (χ4v) is 3.74. The summed E-state index contributed by atoms with van der Waals surface area (Å²) in [6, 6.07) is 9.91. The Morgan fingerprint density at radius 3 is 2.71 bits per heavy atom. The highest BCUT2D eigenvalue weighted by Gasteiger charge is 2.28. The number of aliphatic hydroxyl groups excluding tert-OH is 1. The maximum Gasteiger partial charge on any atom is 0.257 e. The molecule has 1 aromatic heterocycles. The number of likely N-dealkylation sites (tertiary alicyclic amines) is 1. The smallest absolute Gasteiger partial charge is 0.257 e. The average Bonchev–Trinajstić information content (AvgIpc) is 3.14. The van der Waals surface area contributed by atoms with Gasteiger partial charge in [-0.1, -0.05) is 18.2 Å². The molecule has 2 aliphatic rings. The van der Waals surface area contributed by atoms with E-state index in [9.17, 15) is 9.90 Å². The molecule has 2 fully saturated rings. The molecule has 4 rings (SSSR count). The van der Waals surface area contributed by atoms with Crippen molar-refractivity contribution in [3.8, 4) is 0 Å². The minimum atomic E-state index is -0.411. The third-order valence-electron chi connectivity index (χ3n) is 5.02. The number of fused-ring (bicyclic) bond motifs is 1. The second kappa shape index (κ2) is 6.40. The van der Waals surface area contributed by atoms with Gasteiger partial charge < -0.3 is 14.9 Å². The molecular formula is C19H23N3O2. The van der Waals surface area contributed by atoms with Gasteiger partial charge in [-0.25, -0.2) is 4.98 Å². The molecule has 24 heavy (non-hydrogen) atoms. The van der Waals surface area contributed by atoms with Crippen LogP contribution in [0, 0.1) is 0 Å². The van der Waals surface area contributed by atoms with Gasteiger partial charge in [-0.15, -0.1) is 0 Å². The van der Waals surface area contributed by atoms with Crippen molar-refractivity contribution in [3.63, 3.8) is 0 Å². The highest BCUT2D eigenvalue weighted by Crippen LogP contribution is 2.28.